The van der Waals surface area contributed by atoms with Gasteiger partial charge in [0.15, 0.2) is 0 Å². The molecule has 0 atom stereocenters. The second-order valence-electron chi connectivity index (χ2n) is 3.96. The Morgan fingerprint density at radius 3 is 2.69 bits per heavy atom. The lowest BCUT2D eigenvalue weighted by atomic mass is 10.1. The summed E-state index contributed by atoms with van der Waals surface area (Å²) in [5, 5.41) is 3.26. The van der Waals surface area contributed by atoms with Gasteiger partial charge in [0.05, 0.1) is 0 Å². The molecule has 0 saturated carbocycles. The van der Waals surface area contributed by atoms with Crippen LogP contribution >= 0.6 is 0 Å². The Hall–Kier alpha value is -1.16. The van der Waals surface area contributed by atoms with E-state index in [1.165, 1.54) is 12.1 Å². The van der Waals surface area contributed by atoms with Crippen LogP contribution in [0.25, 0.3) is 0 Å². The molecule has 1 fully saturated rings. The van der Waals surface area contributed by atoms with Crippen LogP contribution in [-0.4, -0.2) is 19.3 Å². The third-order valence-electron chi connectivity index (χ3n) is 2.73. The summed E-state index contributed by atoms with van der Waals surface area (Å²) in [6.45, 7) is 1.48. The quantitative estimate of drug-likeness (QED) is 0.856. The summed E-state index contributed by atoms with van der Waals surface area (Å²) in [6.07, 6.45) is -0.547. The number of nitrogens with one attached hydrogen (secondary N) is 1. The third kappa shape index (κ3) is 2.92. The molecule has 2 nitrogen and oxygen atoms in total. The average molecular weight is 227 g/mol. The number of hydrogen-bond donors (Lipinski definition) is 1. The Labute approximate surface area is 93.6 Å². The number of hydrogen-bond acceptors (Lipinski definition) is 2. The summed E-state index contributed by atoms with van der Waals surface area (Å²) in [4.78, 5) is 0. The van der Waals surface area contributed by atoms with Crippen molar-refractivity contribution in [2.24, 2.45) is 0 Å². The summed E-state index contributed by atoms with van der Waals surface area (Å²) in [7, 11) is 0. The van der Waals surface area contributed by atoms with Gasteiger partial charge in [0, 0.05) is 30.5 Å². The highest BCUT2D eigenvalue weighted by atomic mass is 19.3. The van der Waals surface area contributed by atoms with E-state index in [1.807, 2.05) is 6.07 Å². The molecule has 0 bridgehead atoms. The standard InChI is InChI=1S/C12H15F2NO/c13-12(14)9-2-1-3-11(8-9)15-10-4-6-16-7-5-10/h1-3,8,10,12,15H,4-7H2. The van der Waals surface area contributed by atoms with Gasteiger partial charge in [-0.3, -0.25) is 0 Å². The maximum atomic E-state index is 12.5. The monoisotopic (exact) mass is 227 g/mol. The molecule has 0 aromatic heterocycles. The first kappa shape index (κ1) is 11.3. The van der Waals surface area contributed by atoms with E-state index >= 15 is 0 Å². The van der Waals surface area contributed by atoms with Gasteiger partial charge in [0.25, 0.3) is 6.43 Å². The Morgan fingerprint density at radius 2 is 2.00 bits per heavy atom. The van der Waals surface area contributed by atoms with E-state index in [0.717, 1.165) is 31.7 Å². The number of ether oxygens (including phenoxy) is 1. The molecule has 1 aromatic carbocycles. The lowest BCUT2D eigenvalue weighted by Crippen LogP contribution is -2.27. The number of benzene rings is 1. The van der Waals surface area contributed by atoms with Crippen LogP contribution in [0.2, 0.25) is 0 Å². The molecule has 0 radical (unpaired) electrons. The Bertz CT molecular complexity index is 338. The third-order valence-corrected chi connectivity index (χ3v) is 2.73. The molecule has 16 heavy (non-hydrogen) atoms. The van der Waals surface area contributed by atoms with Crippen molar-refractivity contribution < 1.29 is 13.5 Å². The lowest BCUT2D eigenvalue weighted by molar-refractivity contribution is 0.0904. The zero-order valence-electron chi connectivity index (χ0n) is 8.96. The van der Waals surface area contributed by atoms with Gasteiger partial charge < -0.3 is 10.1 Å². The molecule has 1 saturated heterocycles. The molecular formula is C12H15F2NO. The van der Waals surface area contributed by atoms with Gasteiger partial charge in [-0.25, -0.2) is 8.78 Å². The molecule has 0 aliphatic carbocycles. The average Bonchev–Trinajstić information content (AvgIpc) is 2.30. The molecule has 0 unspecified atom stereocenters. The lowest BCUT2D eigenvalue weighted by Gasteiger charge is -2.24. The summed E-state index contributed by atoms with van der Waals surface area (Å²) in [6, 6.07) is 6.77. The molecular weight excluding hydrogens is 212 g/mol. The van der Waals surface area contributed by atoms with E-state index in [9.17, 15) is 8.78 Å². The van der Waals surface area contributed by atoms with Crippen molar-refractivity contribution in [1.29, 1.82) is 0 Å². The van der Waals surface area contributed by atoms with Crippen molar-refractivity contribution >= 4 is 5.69 Å². The minimum Gasteiger partial charge on any atom is -0.382 e. The first-order valence-electron chi connectivity index (χ1n) is 5.48. The van der Waals surface area contributed by atoms with Gasteiger partial charge >= 0.3 is 0 Å². The topological polar surface area (TPSA) is 21.3 Å². The van der Waals surface area contributed by atoms with Crippen LogP contribution in [0, 0.1) is 0 Å². The maximum absolute atomic E-state index is 12.5. The summed E-state index contributed by atoms with van der Waals surface area (Å²) >= 11 is 0. The molecule has 1 aliphatic rings. The number of halogens is 2. The predicted molar refractivity (Wildman–Crippen MR) is 58.9 cm³/mol. The molecule has 1 aromatic rings. The van der Waals surface area contributed by atoms with Crippen molar-refractivity contribution in [3.8, 4) is 0 Å². The predicted octanol–water partition coefficient (Wildman–Crippen LogP) is 3.22. The van der Waals surface area contributed by atoms with Crippen LogP contribution in [0.4, 0.5) is 14.5 Å². The van der Waals surface area contributed by atoms with E-state index in [1.54, 1.807) is 6.07 Å². The fourth-order valence-corrected chi connectivity index (χ4v) is 1.84. The van der Waals surface area contributed by atoms with Gasteiger partial charge in [-0.1, -0.05) is 12.1 Å². The van der Waals surface area contributed by atoms with E-state index < -0.39 is 6.43 Å². The highest BCUT2D eigenvalue weighted by Gasteiger charge is 2.14. The van der Waals surface area contributed by atoms with Crippen molar-refractivity contribution in [3.63, 3.8) is 0 Å². The van der Waals surface area contributed by atoms with Crippen LogP contribution in [0.5, 0.6) is 0 Å². The van der Waals surface area contributed by atoms with Crippen molar-refractivity contribution in [1.82, 2.24) is 0 Å². The van der Waals surface area contributed by atoms with Crippen LogP contribution in [0.3, 0.4) is 0 Å². The Kier molecular flexibility index (Phi) is 3.72. The summed E-state index contributed by atoms with van der Waals surface area (Å²) in [5.74, 6) is 0. The van der Waals surface area contributed by atoms with Crippen LogP contribution in [0.1, 0.15) is 24.8 Å². The smallest absolute Gasteiger partial charge is 0.263 e. The van der Waals surface area contributed by atoms with Crippen molar-refractivity contribution in [2.45, 2.75) is 25.3 Å². The molecule has 0 spiro atoms. The second-order valence-corrected chi connectivity index (χ2v) is 3.96. The van der Waals surface area contributed by atoms with Gasteiger partial charge in [-0.05, 0) is 25.0 Å². The molecule has 0 amide bonds. The maximum Gasteiger partial charge on any atom is 0.263 e. The largest absolute Gasteiger partial charge is 0.382 e. The SMILES string of the molecule is FC(F)c1cccc(NC2CCOCC2)c1. The fourth-order valence-electron chi connectivity index (χ4n) is 1.84. The first-order chi connectivity index (χ1) is 7.75. The zero-order chi connectivity index (χ0) is 11.4. The van der Waals surface area contributed by atoms with E-state index in [-0.39, 0.29) is 5.56 Å². The van der Waals surface area contributed by atoms with Crippen LogP contribution in [0.15, 0.2) is 24.3 Å². The molecule has 1 aliphatic heterocycles. The summed E-state index contributed by atoms with van der Waals surface area (Å²) < 4.78 is 30.2. The highest BCUT2D eigenvalue weighted by Crippen LogP contribution is 2.23. The van der Waals surface area contributed by atoms with Crippen molar-refractivity contribution in [2.75, 3.05) is 18.5 Å². The summed E-state index contributed by atoms with van der Waals surface area (Å²) in [5.41, 5.74) is 0.835. The fraction of sp³-hybridized carbons (Fsp3) is 0.500. The minimum absolute atomic E-state index is 0.0667. The van der Waals surface area contributed by atoms with Gasteiger partial charge in [-0.15, -0.1) is 0 Å². The number of rotatable bonds is 3. The van der Waals surface area contributed by atoms with Crippen LogP contribution < -0.4 is 5.32 Å². The first-order valence-corrected chi connectivity index (χ1v) is 5.48. The van der Waals surface area contributed by atoms with Crippen molar-refractivity contribution in [3.05, 3.63) is 29.8 Å². The minimum atomic E-state index is -2.41. The second kappa shape index (κ2) is 5.25. The molecule has 88 valence electrons. The highest BCUT2D eigenvalue weighted by molar-refractivity contribution is 5.46. The molecule has 4 heteroatoms. The van der Waals surface area contributed by atoms with Crippen LogP contribution in [-0.2, 0) is 4.74 Å². The molecule has 1 N–H and O–H groups in total. The van der Waals surface area contributed by atoms with Gasteiger partial charge in [0.2, 0.25) is 0 Å². The Morgan fingerprint density at radius 1 is 1.25 bits per heavy atom. The molecule has 2 rings (SSSR count). The normalized spacial score (nSPS) is 17.7. The van der Waals surface area contributed by atoms with E-state index in [0.29, 0.717) is 6.04 Å². The zero-order valence-corrected chi connectivity index (χ0v) is 8.96. The van der Waals surface area contributed by atoms with E-state index in [4.69, 9.17) is 4.74 Å². The molecule has 1 heterocycles. The Balaban J connectivity index is 2.00. The number of anilines is 1. The van der Waals surface area contributed by atoms with Gasteiger partial charge in [-0.2, -0.15) is 0 Å². The van der Waals surface area contributed by atoms with E-state index in [2.05, 4.69) is 5.32 Å². The van der Waals surface area contributed by atoms with Gasteiger partial charge in [0.1, 0.15) is 0 Å². The number of alkyl halides is 2.